The minimum Gasteiger partial charge on any atom is -0.394 e. The van der Waals surface area contributed by atoms with Gasteiger partial charge < -0.3 is 16.2 Å². The minimum atomic E-state index is -0.441. The lowest BCUT2D eigenvalue weighted by Gasteiger charge is -2.41. The van der Waals surface area contributed by atoms with Gasteiger partial charge in [0.2, 0.25) is 5.91 Å². The number of carbonyl (C=O) groups excluding carboxylic acids is 1. The van der Waals surface area contributed by atoms with E-state index in [9.17, 15) is 4.79 Å². The van der Waals surface area contributed by atoms with E-state index >= 15 is 0 Å². The Morgan fingerprint density at radius 1 is 1.69 bits per heavy atom. The van der Waals surface area contributed by atoms with Crippen molar-refractivity contribution in [2.75, 3.05) is 6.61 Å². The summed E-state index contributed by atoms with van der Waals surface area (Å²) in [6, 6.07) is -0.441. The molecule has 1 amide bonds. The highest BCUT2D eigenvalue weighted by Crippen LogP contribution is 2.31. The van der Waals surface area contributed by atoms with Crippen LogP contribution in [-0.2, 0) is 4.79 Å². The van der Waals surface area contributed by atoms with E-state index in [-0.39, 0.29) is 18.1 Å². The quantitative estimate of drug-likeness (QED) is 0.567. The molecule has 0 bridgehead atoms. The summed E-state index contributed by atoms with van der Waals surface area (Å²) in [4.78, 5) is 11.4. The van der Waals surface area contributed by atoms with E-state index in [1.807, 2.05) is 6.92 Å². The van der Waals surface area contributed by atoms with Crippen LogP contribution in [0.5, 0.6) is 0 Å². The number of amides is 1. The number of hydrogen-bond donors (Lipinski definition) is 3. The monoisotopic (exact) mass is 186 g/mol. The summed E-state index contributed by atoms with van der Waals surface area (Å²) in [5.74, 6) is -0.142. The topological polar surface area (TPSA) is 75.4 Å². The average Bonchev–Trinajstić information content (AvgIpc) is 2.09. The maximum absolute atomic E-state index is 11.4. The van der Waals surface area contributed by atoms with Gasteiger partial charge in [0, 0.05) is 0 Å². The molecule has 76 valence electrons. The number of rotatable bonds is 4. The first-order valence-electron chi connectivity index (χ1n) is 4.82. The Kier molecular flexibility index (Phi) is 3.27. The lowest BCUT2D eigenvalue weighted by atomic mass is 9.77. The molecule has 0 radical (unpaired) electrons. The molecule has 0 unspecified atom stereocenters. The number of aliphatic hydroxyl groups excluding tert-OH is 1. The fourth-order valence-corrected chi connectivity index (χ4v) is 1.47. The van der Waals surface area contributed by atoms with E-state index in [4.69, 9.17) is 10.8 Å². The van der Waals surface area contributed by atoms with Gasteiger partial charge in [-0.3, -0.25) is 4.79 Å². The van der Waals surface area contributed by atoms with Crippen molar-refractivity contribution in [3.8, 4) is 0 Å². The van der Waals surface area contributed by atoms with Crippen molar-refractivity contribution in [2.45, 2.75) is 44.2 Å². The van der Waals surface area contributed by atoms with Crippen molar-refractivity contribution in [1.29, 1.82) is 0 Å². The normalized spacial score (nSPS) is 21.8. The predicted octanol–water partition coefficient (Wildman–Crippen LogP) is -0.245. The highest BCUT2D eigenvalue weighted by molar-refractivity contribution is 5.82. The smallest absolute Gasteiger partial charge is 0.237 e. The first-order chi connectivity index (χ1) is 6.13. The van der Waals surface area contributed by atoms with Gasteiger partial charge in [-0.2, -0.15) is 0 Å². The van der Waals surface area contributed by atoms with E-state index < -0.39 is 6.04 Å². The predicted molar refractivity (Wildman–Crippen MR) is 50.1 cm³/mol. The third-order valence-electron chi connectivity index (χ3n) is 2.78. The Hall–Kier alpha value is -0.610. The Morgan fingerprint density at radius 3 is 2.62 bits per heavy atom. The minimum absolute atomic E-state index is 0.0230. The summed E-state index contributed by atoms with van der Waals surface area (Å²) >= 11 is 0. The molecule has 4 heteroatoms. The molecule has 1 aliphatic rings. The van der Waals surface area contributed by atoms with Crippen molar-refractivity contribution in [1.82, 2.24) is 5.32 Å². The van der Waals surface area contributed by atoms with Gasteiger partial charge in [0.15, 0.2) is 0 Å². The van der Waals surface area contributed by atoms with Gasteiger partial charge in [-0.1, -0.05) is 6.92 Å². The molecule has 13 heavy (non-hydrogen) atoms. The highest BCUT2D eigenvalue weighted by atomic mass is 16.3. The maximum atomic E-state index is 11.4. The largest absolute Gasteiger partial charge is 0.394 e. The first-order valence-corrected chi connectivity index (χ1v) is 4.82. The van der Waals surface area contributed by atoms with Gasteiger partial charge in [0.1, 0.15) is 0 Å². The zero-order valence-electron chi connectivity index (χ0n) is 8.05. The molecule has 0 saturated heterocycles. The van der Waals surface area contributed by atoms with Gasteiger partial charge in [0.25, 0.3) is 0 Å². The van der Waals surface area contributed by atoms with Crippen LogP contribution in [0, 0.1) is 0 Å². The van der Waals surface area contributed by atoms with Crippen molar-refractivity contribution >= 4 is 5.91 Å². The van der Waals surface area contributed by atoms with Crippen LogP contribution in [0.2, 0.25) is 0 Å². The summed E-state index contributed by atoms with van der Waals surface area (Å²) in [6.07, 6.45) is 3.44. The molecule has 4 N–H and O–H groups in total. The fourth-order valence-electron chi connectivity index (χ4n) is 1.47. The molecule has 1 atom stereocenters. The third kappa shape index (κ3) is 2.19. The molecular weight excluding hydrogens is 168 g/mol. The number of hydrogen-bond acceptors (Lipinski definition) is 3. The van der Waals surface area contributed by atoms with E-state index in [0.717, 1.165) is 19.3 Å². The van der Waals surface area contributed by atoms with Crippen LogP contribution in [-0.4, -0.2) is 29.2 Å². The molecule has 1 aliphatic carbocycles. The number of nitrogens with two attached hydrogens (primary N) is 1. The third-order valence-corrected chi connectivity index (χ3v) is 2.78. The first kappa shape index (κ1) is 10.5. The Morgan fingerprint density at radius 2 is 2.31 bits per heavy atom. The van der Waals surface area contributed by atoms with Crippen LogP contribution in [0.25, 0.3) is 0 Å². The second-order valence-electron chi connectivity index (χ2n) is 3.80. The summed E-state index contributed by atoms with van der Waals surface area (Å²) in [6.45, 7) is 1.89. The zero-order chi connectivity index (χ0) is 9.90. The van der Waals surface area contributed by atoms with Gasteiger partial charge in [-0.05, 0) is 25.7 Å². The second-order valence-corrected chi connectivity index (χ2v) is 3.80. The molecule has 0 aromatic carbocycles. The molecule has 1 rings (SSSR count). The summed E-state index contributed by atoms with van der Waals surface area (Å²) in [7, 11) is 0. The Bertz CT molecular complexity index is 185. The molecule has 0 spiro atoms. The molecular formula is C9H18N2O2. The SMILES string of the molecule is CC[C@H](N)C(=O)NC1(CO)CCC1. The van der Waals surface area contributed by atoms with Crippen molar-refractivity contribution in [2.24, 2.45) is 5.73 Å². The molecule has 1 fully saturated rings. The van der Waals surface area contributed by atoms with E-state index in [1.165, 1.54) is 0 Å². The van der Waals surface area contributed by atoms with E-state index in [1.54, 1.807) is 0 Å². The lowest BCUT2D eigenvalue weighted by molar-refractivity contribution is -0.126. The molecule has 1 saturated carbocycles. The van der Waals surface area contributed by atoms with Crippen LogP contribution in [0.1, 0.15) is 32.6 Å². The van der Waals surface area contributed by atoms with Crippen molar-refractivity contribution in [3.63, 3.8) is 0 Å². The van der Waals surface area contributed by atoms with Crippen LogP contribution in [0.4, 0.5) is 0 Å². The molecule has 0 aromatic heterocycles. The van der Waals surface area contributed by atoms with Gasteiger partial charge >= 0.3 is 0 Å². The van der Waals surface area contributed by atoms with Crippen molar-refractivity contribution < 1.29 is 9.90 Å². The Labute approximate surface area is 78.5 Å². The zero-order valence-corrected chi connectivity index (χ0v) is 8.05. The summed E-state index contributed by atoms with van der Waals surface area (Å²) in [5.41, 5.74) is 5.21. The van der Waals surface area contributed by atoms with E-state index in [2.05, 4.69) is 5.32 Å². The molecule has 4 nitrogen and oxygen atoms in total. The van der Waals surface area contributed by atoms with Gasteiger partial charge in [0.05, 0.1) is 18.2 Å². The maximum Gasteiger partial charge on any atom is 0.237 e. The molecule has 0 aromatic rings. The Balaban J connectivity index is 2.42. The number of aliphatic hydroxyl groups is 1. The van der Waals surface area contributed by atoms with E-state index in [0.29, 0.717) is 6.42 Å². The second kappa shape index (κ2) is 4.07. The lowest BCUT2D eigenvalue weighted by Crippen LogP contribution is -2.59. The highest BCUT2D eigenvalue weighted by Gasteiger charge is 2.38. The van der Waals surface area contributed by atoms with Gasteiger partial charge in [-0.15, -0.1) is 0 Å². The average molecular weight is 186 g/mol. The van der Waals surface area contributed by atoms with Crippen LogP contribution >= 0.6 is 0 Å². The molecule has 0 heterocycles. The van der Waals surface area contributed by atoms with Crippen LogP contribution < -0.4 is 11.1 Å². The summed E-state index contributed by atoms with van der Waals surface area (Å²) < 4.78 is 0. The molecule has 0 aliphatic heterocycles. The van der Waals surface area contributed by atoms with Crippen LogP contribution in [0.3, 0.4) is 0 Å². The number of nitrogens with one attached hydrogen (secondary N) is 1. The van der Waals surface area contributed by atoms with Gasteiger partial charge in [-0.25, -0.2) is 0 Å². The number of carbonyl (C=O) groups is 1. The fraction of sp³-hybridized carbons (Fsp3) is 0.889. The van der Waals surface area contributed by atoms with Crippen molar-refractivity contribution in [3.05, 3.63) is 0 Å². The summed E-state index contributed by atoms with van der Waals surface area (Å²) in [5, 5.41) is 11.9. The van der Waals surface area contributed by atoms with Crippen LogP contribution in [0.15, 0.2) is 0 Å². The standard InChI is InChI=1S/C9H18N2O2/c1-2-7(10)8(13)11-9(6-12)4-3-5-9/h7,12H,2-6,10H2,1H3,(H,11,13)/t7-/m0/s1.